The molecular formula is C16H15Cl2N3O2. The summed E-state index contributed by atoms with van der Waals surface area (Å²) in [6.07, 6.45) is 2.97. The van der Waals surface area contributed by atoms with Gasteiger partial charge in [-0.15, -0.1) is 0 Å². The first-order valence-corrected chi connectivity index (χ1v) is 8.10. The molecular weight excluding hydrogens is 337 g/mol. The van der Waals surface area contributed by atoms with Crippen LogP contribution >= 0.6 is 23.2 Å². The van der Waals surface area contributed by atoms with Crippen LogP contribution in [-0.2, 0) is 0 Å². The van der Waals surface area contributed by atoms with Gasteiger partial charge in [0.1, 0.15) is 5.02 Å². The molecule has 0 amide bonds. The zero-order valence-electron chi connectivity index (χ0n) is 12.3. The number of carbonyl (C=O) groups excluding carboxylic acids is 1. The third-order valence-electron chi connectivity index (χ3n) is 4.11. The minimum atomic E-state index is -0.400. The van der Waals surface area contributed by atoms with Gasteiger partial charge >= 0.3 is 0 Å². The zero-order valence-corrected chi connectivity index (χ0v) is 13.8. The van der Waals surface area contributed by atoms with Gasteiger partial charge in [0.15, 0.2) is 5.78 Å². The molecule has 1 fully saturated rings. The Hall–Kier alpha value is -1.85. The average Bonchev–Trinajstić information content (AvgIpc) is 2.58. The van der Waals surface area contributed by atoms with Gasteiger partial charge in [-0.05, 0) is 37.1 Å². The van der Waals surface area contributed by atoms with Gasteiger partial charge in [0, 0.05) is 29.6 Å². The Balaban J connectivity index is 1.68. The molecule has 1 saturated heterocycles. The van der Waals surface area contributed by atoms with Crippen LogP contribution in [0, 0.1) is 5.92 Å². The van der Waals surface area contributed by atoms with E-state index in [2.05, 4.69) is 10.2 Å². The topological polar surface area (TPSA) is 66.1 Å². The predicted octanol–water partition coefficient (Wildman–Crippen LogP) is 3.18. The minimum absolute atomic E-state index is 0.0267. The van der Waals surface area contributed by atoms with E-state index in [0.717, 1.165) is 0 Å². The van der Waals surface area contributed by atoms with Crippen LogP contribution in [-0.4, -0.2) is 29.1 Å². The third kappa shape index (κ3) is 3.41. The number of hydrogen-bond donors (Lipinski definition) is 1. The molecule has 0 unspecified atom stereocenters. The molecule has 1 aliphatic rings. The molecule has 1 N–H and O–H groups in total. The first-order chi connectivity index (χ1) is 11.1. The van der Waals surface area contributed by atoms with Crippen molar-refractivity contribution in [2.24, 2.45) is 5.92 Å². The molecule has 0 spiro atoms. The summed E-state index contributed by atoms with van der Waals surface area (Å²) in [7, 11) is 0. The van der Waals surface area contributed by atoms with E-state index in [9.17, 15) is 9.59 Å². The fourth-order valence-electron chi connectivity index (χ4n) is 2.83. The van der Waals surface area contributed by atoms with Gasteiger partial charge in [-0.2, -0.15) is 5.10 Å². The van der Waals surface area contributed by atoms with Crippen LogP contribution in [0.25, 0.3) is 0 Å². The minimum Gasteiger partial charge on any atom is -0.369 e. The molecule has 0 aliphatic carbocycles. The lowest BCUT2D eigenvalue weighted by atomic mass is 9.89. The second kappa shape index (κ2) is 6.72. The number of piperidine rings is 1. The molecule has 0 radical (unpaired) electrons. The fourth-order valence-corrected chi connectivity index (χ4v) is 3.16. The summed E-state index contributed by atoms with van der Waals surface area (Å²) >= 11 is 11.9. The van der Waals surface area contributed by atoms with Crippen LogP contribution in [0.5, 0.6) is 0 Å². The largest absolute Gasteiger partial charge is 0.369 e. The van der Waals surface area contributed by atoms with E-state index in [-0.39, 0.29) is 16.7 Å². The van der Waals surface area contributed by atoms with Crippen molar-refractivity contribution in [3.63, 3.8) is 0 Å². The van der Waals surface area contributed by atoms with Gasteiger partial charge < -0.3 is 4.90 Å². The molecule has 1 aliphatic heterocycles. The zero-order chi connectivity index (χ0) is 16.4. The lowest BCUT2D eigenvalue weighted by Crippen LogP contribution is -2.37. The Labute approximate surface area is 143 Å². The van der Waals surface area contributed by atoms with Crippen molar-refractivity contribution in [2.75, 3.05) is 18.0 Å². The second-order valence-electron chi connectivity index (χ2n) is 5.53. The Morgan fingerprint density at radius 3 is 2.48 bits per heavy atom. The number of H-pyrrole nitrogens is 1. The van der Waals surface area contributed by atoms with E-state index in [4.69, 9.17) is 23.2 Å². The lowest BCUT2D eigenvalue weighted by molar-refractivity contribution is 0.0900. The first kappa shape index (κ1) is 16.0. The Morgan fingerprint density at radius 2 is 1.83 bits per heavy atom. The quantitative estimate of drug-likeness (QED) is 0.862. The summed E-state index contributed by atoms with van der Waals surface area (Å²) in [6, 6.07) is 6.97. The SMILES string of the molecule is O=C(c1ccc(Cl)cc1)C1CCN(c2cn[nH]c(=O)c2Cl)CC1. The lowest BCUT2D eigenvalue weighted by Gasteiger charge is -2.33. The Kier molecular flexibility index (Phi) is 4.68. The highest BCUT2D eigenvalue weighted by molar-refractivity contribution is 6.33. The predicted molar refractivity (Wildman–Crippen MR) is 90.6 cm³/mol. The molecule has 5 nitrogen and oxygen atoms in total. The molecule has 0 bridgehead atoms. The standard InChI is InChI=1S/C16H15Cl2N3O2/c17-12-3-1-10(2-4-12)15(22)11-5-7-21(8-6-11)13-9-19-20-16(23)14(13)18/h1-4,9,11H,5-8H2,(H,20,23). The normalized spacial score (nSPS) is 15.7. The molecule has 1 aromatic heterocycles. The third-order valence-corrected chi connectivity index (χ3v) is 4.73. The highest BCUT2D eigenvalue weighted by atomic mass is 35.5. The molecule has 1 aromatic carbocycles. The van der Waals surface area contributed by atoms with Crippen LogP contribution < -0.4 is 10.5 Å². The van der Waals surface area contributed by atoms with Crippen LogP contribution in [0.15, 0.2) is 35.3 Å². The maximum absolute atomic E-state index is 12.5. The van der Waals surface area contributed by atoms with Gasteiger partial charge in [0.05, 0.1) is 11.9 Å². The molecule has 0 saturated carbocycles. The Morgan fingerprint density at radius 1 is 1.17 bits per heavy atom. The number of hydrogen-bond acceptors (Lipinski definition) is 4. The molecule has 3 rings (SSSR count). The van der Waals surface area contributed by atoms with Gasteiger partial charge in [0.2, 0.25) is 0 Å². The van der Waals surface area contributed by atoms with Gasteiger partial charge in [-0.3, -0.25) is 9.59 Å². The maximum atomic E-state index is 12.5. The molecule has 2 heterocycles. The summed E-state index contributed by atoms with van der Waals surface area (Å²) in [5.41, 5.74) is 0.903. The van der Waals surface area contributed by atoms with E-state index < -0.39 is 5.56 Å². The van der Waals surface area contributed by atoms with Crippen molar-refractivity contribution >= 4 is 34.7 Å². The van der Waals surface area contributed by atoms with Crippen molar-refractivity contribution in [1.82, 2.24) is 10.2 Å². The maximum Gasteiger partial charge on any atom is 0.285 e. The number of ketones is 1. The van der Waals surface area contributed by atoms with Gasteiger partial charge in [0.25, 0.3) is 5.56 Å². The molecule has 7 heteroatoms. The second-order valence-corrected chi connectivity index (χ2v) is 6.35. The van der Waals surface area contributed by atoms with Gasteiger partial charge in [-0.1, -0.05) is 23.2 Å². The molecule has 2 aromatic rings. The van der Waals surface area contributed by atoms with Crippen molar-refractivity contribution in [3.05, 3.63) is 56.4 Å². The van der Waals surface area contributed by atoms with Crippen molar-refractivity contribution < 1.29 is 4.79 Å². The number of rotatable bonds is 3. The molecule has 120 valence electrons. The number of carbonyl (C=O) groups is 1. The van der Waals surface area contributed by atoms with Crippen molar-refractivity contribution in [3.8, 4) is 0 Å². The van der Waals surface area contributed by atoms with Crippen LogP contribution in [0.3, 0.4) is 0 Å². The van der Waals surface area contributed by atoms with Crippen LogP contribution in [0.2, 0.25) is 10.0 Å². The molecule has 0 atom stereocenters. The van der Waals surface area contributed by atoms with E-state index in [1.165, 1.54) is 0 Å². The van der Waals surface area contributed by atoms with Crippen LogP contribution in [0.4, 0.5) is 5.69 Å². The summed E-state index contributed by atoms with van der Waals surface area (Å²) in [5.74, 6) is 0.109. The van der Waals surface area contributed by atoms with E-state index >= 15 is 0 Å². The summed E-state index contributed by atoms with van der Waals surface area (Å²) in [5, 5.41) is 6.85. The van der Waals surface area contributed by atoms with E-state index in [1.807, 2.05) is 4.90 Å². The molecule has 23 heavy (non-hydrogen) atoms. The summed E-state index contributed by atoms with van der Waals surface area (Å²) < 4.78 is 0. The van der Waals surface area contributed by atoms with E-state index in [1.54, 1.807) is 30.5 Å². The van der Waals surface area contributed by atoms with Crippen molar-refractivity contribution in [2.45, 2.75) is 12.8 Å². The number of anilines is 1. The number of nitrogens with one attached hydrogen (secondary N) is 1. The number of Topliss-reactive ketones (excluding diaryl/α,β-unsaturated/α-hetero) is 1. The Bertz CT molecular complexity index is 766. The number of benzene rings is 1. The average molecular weight is 352 g/mol. The number of aromatic amines is 1. The number of aromatic nitrogens is 2. The summed E-state index contributed by atoms with van der Waals surface area (Å²) in [6.45, 7) is 1.32. The fraction of sp³-hybridized carbons (Fsp3) is 0.312. The highest BCUT2D eigenvalue weighted by Crippen LogP contribution is 2.28. The monoisotopic (exact) mass is 351 g/mol. The first-order valence-electron chi connectivity index (χ1n) is 7.34. The summed E-state index contributed by atoms with van der Waals surface area (Å²) in [4.78, 5) is 26.0. The van der Waals surface area contributed by atoms with Gasteiger partial charge in [-0.25, -0.2) is 5.10 Å². The van der Waals surface area contributed by atoms with E-state index in [0.29, 0.717) is 42.2 Å². The van der Waals surface area contributed by atoms with Crippen molar-refractivity contribution in [1.29, 1.82) is 0 Å². The number of halogens is 2. The number of nitrogens with zero attached hydrogens (tertiary/aromatic N) is 2. The van der Waals surface area contributed by atoms with Crippen LogP contribution in [0.1, 0.15) is 23.2 Å². The highest BCUT2D eigenvalue weighted by Gasteiger charge is 2.27. The smallest absolute Gasteiger partial charge is 0.285 e.